The van der Waals surface area contributed by atoms with Crippen molar-refractivity contribution in [3.05, 3.63) is 22.7 Å². The van der Waals surface area contributed by atoms with E-state index in [9.17, 15) is 8.42 Å². The number of nitrogens with zero attached hydrogens (tertiary/aromatic N) is 1. The van der Waals surface area contributed by atoms with E-state index in [2.05, 4.69) is 21.2 Å². The van der Waals surface area contributed by atoms with Gasteiger partial charge in [0.2, 0.25) is 10.0 Å². The van der Waals surface area contributed by atoms with E-state index < -0.39 is 10.0 Å². The fourth-order valence-corrected chi connectivity index (χ4v) is 4.48. The predicted octanol–water partition coefficient (Wildman–Crippen LogP) is 2.08. The molecule has 1 heterocycles. The van der Waals surface area contributed by atoms with Crippen LogP contribution >= 0.6 is 15.9 Å². The van der Waals surface area contributed by atoms with Gasteiger partial charge in [-0.15, -0.1) is 0 Å². The van der Waals surface area contributed by atoms with Crippen LogP contribution in [0.3, 0.4) is 0 Å². The van der Waals surface area contributed by atoms with E-state index in [-0.39, 0.29) is 4.90 Å². The van der Waals surface area contributed by atoms with Crippen LogP contribution < -0.4 is 10.1 Å². The summed E-state index contributed by atoms with van der Waals surface area (Å²) >= 11 is 3.33. The highest BCUT2D eigenvalue weighted by Crippen LogP contribution is 2.29. The molecule has 1 fully saturated rings. The van der Waals surface area contributed by atoms with Crippen LogP contribution in [0.5, 0.6) is 5.75 Å². The third-order valence-electron chi connectivity index (χ3n) is 3.81. The molecule has 0 saturated carbocycles. The molecule has 0 amide bonds. The lowest BCUT2D eigenvalue weighted by Gasteiger charge is -2.27. The van der Waals surface area contributed by atoms with Crippen molar-refractivity contribution in [3.63, 3.8) is 0 Å². The summed E-state index contributed by atoms with van der Waals surface area (Å²) < 4.78 is 32.4. The summed E-state index contributed by atoms with van der Waals surface area (Å²) in [5.41, 5.74) is 0. The minimum Gasteiger partial charge on any atom is -0.496 e. The number of benzene rings is 1. The molecule has 1 N–H and O–H groups in total. The van der Waals surface area contributed by atoms with E-state index in [4.69, 9.17) is 4.74 Å². The number of hydrogen-bond acceptors (Lipinski definition) is 4. The fraction of sp³-hybridized carbons (Fsp3) is 0.571. The number of ether oxygens (including phenoxy) is 1. The van der Waals surface area contributed by atoms with Gasteiger partial charge in [0.25, 0.3) is 0 Å². The van der Waals surface area contributed by atoms with Crippen LogP contribution in [0.4, 0.5) is 0 Å². The number of hydrogen-bond donors (Lipinski definition) is 1. The zero-order chi connectivity index (χ0) is 15.5. The van der Waals surface area contributed by atoms with Crippen LogP contribution in [0.1, 0.15) is 12.8 Å². The SMILES string of the molecule is COc1ccc(S(=O)(=O)N(C)CC2CCNCC2)cc1Br. The Morgan fingerprint density at radius 2 is 2.05 bits per heavy atom. The van der Waals surface area contributed by atoms with E-state index >= 15 is 0 Å². The van der Waals surface area contributed by atoms with Crippen molar-refractivity contribution in [2.24, 2.45) is 5.92 Å². The Labute approximate surface area is 134 Å². The smallest absolute Gasteiger partial charge is 0.242 e. The molecule has 2 rings (SSSR count). The molecule has 1 aromatic carbocycles. The Morgan fingerprint density at radius 3 is 2.62 bits per heavy atom. The molecule has 1 aliphatic rings. The first kappa shape index (κ1) is 16.7. The molecule has 21 heavy (non-hydrogen) atoms. The van der Waals surface area contributed by atoms with Gasteiger partial charge in [0.1, 0.15) is 5.75 Å². The van der Waals surface area contributed by atoms with Crippen molar-refractivity contribution in [2.75, 3.05) is 33.8 Å². The molecule has 0 aliphatic carbocycles. The Morgan fingerprint density at radius 1 is 1.38 bits per heavy atom. The molecule has 7 heteroatoms. The van der Waals surface area contributed by atoms with Crippen molar-refractivity contribution >= 4 is 26.0 Å². The van der Waals surface area contributed by atoms with Crippen molar-refractivity contribution in [1.29, 1.82) is 0 Å². The molecular weight excluding hydrogens is 356 g/mol. The summed E-state index contributed by atoms with van der Waals surface area (Å²) in [7, 11) is -0.257. The second kappa shape index (κ2) is 7.09. The molecule has 0 spiro atoms. The molecule has 1 aliphatic heterocycles. The summed E-state index contributed by atoms with van der Waals surface area (Å²) in [4.78, 5) is 0.284. The van der Waals surface area contributed by atoms with Crippen LogP contribution in [-0.2, 0) is 10.0 Å². The van der Waals surface area contributed by atoms with Crippen LogP contribution in [0.15, 0.2) is 27.6 Å². The molecule has 0 atom stereocenters. The predicted molar refractivity (Wildman–Crippen MR) is 86.1 cm³/mol. The number of sulfonamides is 1. The van der Waals surface area contributed by atoms with Gasteiger partial charge >= 0.3 is 0 Å². The Hall–Kier alpha value is -0.630. The maximum atomic E-state index is 12.6. The van der Waals surface area contributed by atoms with Gasteiger partial charge in [-0.25, -0.2) is 12.7 Å². The quantitative estimate of drug-likeness (QED) is 0.854. The van der Waals surface area contributed by atoms with Crippen molar-refractivity contribution in [3.8, 4) is 5.75 Å². The van der Waals surface area contributed by atoms with Gasteiger partial charge in [-0.3, -0.25) is 0 Å². The molecule has 118 valence electrons. The third kappa shape index (κ3) is 3.97. The summed E-state index contributed by atoms with van der Waals surface area (Å²) in [6.07, 6.45) is 2.04. The first-order chi connectivity index (χ1) is 9.95. The van der Waals surface area contributed by atoms with Crippen LogP contribution in [0.25, 0.3) is 0 Å². The second-order valence-electron chi connectivity index (χ2n) is 5.28. The Balaban J connectivity index is 2.14. The molecule has 1 aromatic rings. The van der Waals surface area contributed by atoms with Gasteiger partial charge in [-0.1, -0.05) is 0 Å². The third-order valence-corrected chi connectivity index (χ3v) is 6.24. The first-order valence-corrected chi connectivity index (χ1v) is 9.19. The van der Waals surface area contributed by atoms with Crippen LogP contribution in [-0.4, -0.2) is 46.5 Å². The number of halogens is 1. The minimum atomic E-state index is -3.46. The monoisotopic (exact) mass is 376 g/mol. The lowest BCUT2D eigenvalue weighted by atomic mass is 9.98. The molecular formula is C14H21BrN2O3S. The molecule has 0 radical (unpaired) electrons. The number of rotatable bonds is 5. The average Bonchev–Trinajstić information content (AvgIpc) is 2.48. The largest absolute Gasteiger partial charge is 0.496 e. The van der Waals surface area contributed by atoms with Crippen LogP contribution in [0.2, 0.25) is 0 Å². The number of piperidine rings is 1. The average molecular weight is 377 g/mol. The van der Waals surface area contributed by atoms with Crippen molar-refractivity contribution in [2.45, 2.75) is 17.7 Å². The highest BCUT2D eigenvalue weighted by molar-refractivity contribution is 9.10. The fourth-order valence-electron chi connectivity index (χ4n) is 2.51. The van der Waals surface area contributed by atoms with Gasteiger partial charge in [-0.2, -0.15) is 0 Å². The number of methoxy groups -OCH3 is 1. The van der Waals surface area contributed by atoms with Crippen molar-refractivity contribution < 1.29 is 13.2 Å². The minimum absolute atomic E-state index is 0.284. The summed E-state index contributed by atoms with van der Waals surface area (Å²) in [5.74, 6) is 1.04. The second-order valence-corrected chi connectivity index (χ2v) is 8.17. The van der Waals surface area contributed by atoms with Gasteiger partial charge in [0.15, 0.2) is 0 Å². The Kier molecular flexibility index (Phi) is 5.65. The standard InChI is InChI=1S/C14H21BrN2O3S/c1-17(10-11-5-7-16-8-6-11)21(18,19)12-3-4-14(20-2)13(15)9-12/h3-4,9,11,16H,5-8,10H2,1-2H3. The van der Waals surface area contributed by atoms with E-state index in [1.165, 1.54) is 4.31 Å². The molecule has 0 aromatic heterocycles. The maximum absolute atomic E-state index is 12.6. The summed E-state index contributed by atoms with van der Waals surface area (Å²) in [6.45, 7) is 2.49. The van der Waals surface area contributed by atoms with Crippen molar-refractivity contribution in [1.82, 2.24) is 9.62 Å². The van der Waals surface area contributed by atoms with Gasteiger partial charge in [-0.05, 0) is 66.0 Å². The summed E-state index contributed by atoms with van der Waals surface area (Å²) in [6, 6.07) is 4.83. The van der Waals surface area contributed by atoms with E-state index in [1.807, 2.05) is 0 Å². The number of nitrogens with one attached hydrogen (secondary N) is 1. The Bertz CT molecular complexity index is 586. The molecule has 0 bridgehead atoms. The van der Waals surface area contributed by atoms with E-state index in [1.54, 1.807) is 32.4 Å². The molecule has 1 saturated heterocycles. The zero-order valence-electron chi connectivity index (χ0n) is 12.3. The van der Waals surface area contributed by atoms with Gasteiger partial charge in [0.05, 0.1) is 16.5 Å². The summed E-state index contributed by atoms with van der Waals surface area (Å²) in [5, 5.41) is 3.29. The first-order valence-electron chi connectivity index (χ1n) is 6.95. The van der Waals surface area contributed by atoms with E-state index in [0.29, 0.717) is 22.7 Å². The van der Waals surface area contributed by atoms with E-state index in [0.717, 1.165) is 25.9 Å². The topological polar surface area (TPSA) is 58.6 Å². The molecule has 0 unspecified atom stereocenters. The highest BCUT2D eigenvalue weighted by Gasteiger charge is 2.25. The highest BCUT2D eigenvalue weighted by atomic mass is 79.9. The van der Waals surface area contributed by atoms with Gasteiger partial charge < -0.3 is 10.1 Å². The lowest BCUT2D eigenvalue weighted by Crippen LogP contribution is -2.37. The lowest BCUT2D eigenvalue weighted by molar-refractivity contribution is 0.311. The van der Waals surface area contributed by atoms with Gasteiger partial charge in [0, 0.05) is 13.6 Å². The molecule has 5 nitrogen and oxygen atoms in total. The normalized spacial score (nSPS) is 17.1. The van der Waals surface area contributed by atoms with Crippen LogP contribution in [0, 0.1) is 5.92 Å². The zero-order valence-corrected chi connectivity index (χ0v) is 14.7. The maximum Gasteiger partial charge on any atom is 0.242 e.